The Kier molecular flexibility index (Phi) is 7.41. The summed E-state index contributed by atoms with van der Waals surface area (Å²) in [6, 6.07) is 14.2. The van der Waals surface area contributed by atoms with E-state index in [1.807, 2.05) is 26.8 Å². The molecule has 1 unspecified atom stereocenters. The van der Waals surface area contributed by atoms with Gasteiger partial charge in [0, 0.05) is 23.4 Å². The zero-order valence-electron chi connectivity index (χ0n) is 16.4. The Labute approximate surface area is 161 Å². The second-order valence-electron chi connectivity index (χ2n) is 7.04. The fourth-order valence-electron chi connectivity index (χ4n) is 2.45. The van der Waals surface area contributed by atoms with Crippen molar-refractivity contribution in [2.45, 2.75) is 46.6 Å². The third kappa shape index (κ3) is 6.77. The maximum atomic E-state index is 12.5. The molecule has 0 spiro atoms. The van der Waals surface area contributed by atoms with Crippen LogP contribution in [-0.4, -0.2) is 17.9 Å². The lowest BCUT2D eigenvalue weighted by Crippen LogP contribution is -2.14. The van der Waals surface area contributed by atoms with Gasteiger partial charge in [0.25, 0.3) is 5.91 Å². The Morgan fingerprint density at radius 3 is 2.19 bits per heavy atom. The first kappa shape index (κ1) is 20.5. The van der Waals surface area contributed by atoms with Crippen molar-refractivity contribution in [2.24, 2.45) is 5.92 Å². The molecule has 0 bridgehead atoms. The van der Waals surface area contributed by atoms with Crippen LogP contribution in [0.15, 0.2) is 48.5 Å². The molecule has 2 aromatic rings. The Hall–Kier alpha value is -2.82. The third-order valence-corrected chi connectivity index (χ3v) is 4.03. The highest BCUT2D eigenvalue weighted by molar-refractivity contribution is 6.04. The van der Waals surface area contributed by atoms with Crippen molar-refractivity contribution in [2.75, 3.05) is 10.6 Å². The number of carbonyl (C=O) groups is 2. The van der Waals surface area contributed by atoms with Crippen molar-refractivity contribution < 1.29 is 14.3 Å². The highest BCUT2D eigenvalue weighted by atomic mass is 16.5. The molecule has 0 radical (unpaired) electrons. The number of ether oxygens (including phenoxy) is 1. The minimum Gasteiger partial charge on any atom is -0.491 e. The number of benzene rings is 2. The number of carbonyl (C=O) groups excluding carboxylic acids is 2. The Balaban J connectivity index is 1.97. The molecule has 2 aromatic carbocycles. The van der Waals surface area contributed by atoms with E-state index >= 15 is 0 Å². The zero-order valence-corrected chi connectivity index (χ0v) is 16.4. The predicted octanol–water partition coefficient (Wildman–Crippen LogP) is 5.10. The van der Waals surface area contributed by atoms with Crippen molar-refractivity contribution >= 4 is 23.2 Å². The van der Waals surface area contributed by atoms with Gasteiger partial charge >= 0.3 is 0 Å². The average Bonchev–Trinajstić information content (AvgIpc) is 2.62. The van der Waals surface area contributed by atoms with Crippen LogP contribution in [0.5, 0.6) is 5.75 Å². The Morgan fingerprint density at radius 2 is 1.59 bits per heavy atom. The van der Waals surface area contributed by atoms with Gasteiger partial charge in [-0.05, 0) is 61.7 Å². The average molecular weight is 368 g/mol. The van der Waals surface area contributed by atoms with E-state index in [-0.39, 0.29) is 17.9 Å². The van der Waals surface area contributed by atoms with Crippen molar-refractivity contribution in [3.05, 3.63) is 54.1 Å². The highest BCUT2D eigenvalue weighted by Crippen LogP contribution is 2.19. The Morgan fingerprint density at radius 1 is 0.963 bits per heavy atom. The quantitative estimate of drug-likeness (QED) is 0.681. The van der Waals surface area contributed by atoms with Crippen molar-refractivity contribution in [3.63, 3.8) is 0 Å². The molecule has 144 valence electrons. The molecule has 1 atom stereocenters. The van der Waals surface area contributed by atoms with E-state index in [4.69, 9.17) is 4.74 Å². The minimum absolute atomic E-state index is 0.0140. The first-order chi connectivity index (χ1) is 12.9. The SMILES string of the molecule is CCC(C)Oc1cccc(C(=O)Nc2ccc(NC(=O)CC(C)C)cc2)c1. The molecular formula is C22H28N2O3. The molecule has 2 N–H and O–H groups in total. The Bertz CT molecular complexity index is 769. The van der Waals surface area contributed by atoms with Crippen LogP contribution in [0.25, 0.3) is 0 Å². The summed E-state index contributed by atoms with van der Waals surface area (Å²) in [5.41, 5.74) is 1.91. The lowest BCUT2D eigenvalue weighted by atomic mass is 10.1. The second-order valence-corrected chi connectivity index (χ2v) is 7.04. The maximum Gasteiger partial charge on any atom is 0.255 e. The molecule has 0 fully saturated rings. The topological polar surface area (TPSA) is 67.4 Å². The molecule has 0 saturated carbocycles. The van der Waals surface area contributed by atoms with E-state index < -0.39 is 0 Å². The van der Waals surface area contributed by atoms with E-state index in [9.17, 15) is 9.59 Å². The lowest BCUT2D eigenvalue weighted by Gasteiger charge is -2.13. The first-order valence-electron chi connectivity index (χ1n) is 9.35. The minimum atomic E-state index is -0.207. The molecule has 0 aliphatic rings. The van der Waals surface area contributed by atoms with Gasteiger partial charge in [0.1, 0.15) is 5.75 Å². The van der Waals surface area contributed by atoms with Crippen LogP contribution in [0.1, 0.15) is 50.9 Å². The van der Waals surface area contributed by atoms with Gasteiger partial charge in [0.2, 0.25) is 5.91 Å². The number of hydrogen-bond acceptors (Lipinski definition) is 3. The summed E-state index contributed by atoms with van der Waals surface area (Å²) in [6.45, 7) is 8.05. The fourth-order valence-corrected chi connectivity index (χ4v) is 2.45. The molecule has 0 saturated heterocycles. The van der Waals surface area contributed by atoms with Crippen LogP contribution >= 0.6 is 0 Å². The molecule has 5 heteroatoms. The number of amides is 2. The second kappa shape index (κ2) is 9.76. The van der Waals surface area contributed by atoms with Gasteiger partial charge in [-0.15, -0.1) is 0 Å². The van der Waals surface area contributed by atoms with E-state index in [1.54, 1.807) is 42.5 Å². The monoisotopic (exact) mass is 368 g/mol. The molecule has 2 rings (SSSR count). The molecule has 0 aliphatic carbocycles. The van der Waals surface area contributed by atoms with Crippen molar-refractivity contribution in [1.29, 1.82) is 0 Å². The van der Waals surface area contributed by atoms with E-state index in [0.717, 1.165) is 6.42 Å². The summed E-state index contributed by atoms with van der Waals surface area (Å²) < 4.78 is 5.76. The van der Waals surface area contributed by atoms with Gasteiger partial charge in [0.05, 0.1) is 6.10 Å². The zero-order chi connectivity index (χ0) is 19.8. The molecular weight excluding hydrogens is 340 g/mol. The normalized spacial score (nSPS) is 11.7. The van der Waals surface area contributed by atoms with Crippen LogP contribution < -0.4 is 15.4 Å². The highest BCUT2D eigenvalue weighted by Gasteiger charge is 2.09. The summed E-state index contributed by atoms with van der Waals surface area (Å²) in [7, 11) is 0. The summed E-state index contributed by atoms with van der Waals surface area (Å²) >= 11 is 0. The summed E-state index contributed by atoms with van der Waals surface area (Å²) in [5.74, 6) is 0.768. The van der Waals surface area contributed by atoms with Gasteiger partial charge in [-0.3, -0.25) is 9.59 Å². The summed E-state index contributed by atoms with van der Waals surface area (Å²) in [5, 5.41) is 5.71. The molecule has 0 aliphatic heterocycles. The largest absolute Gasteiger partial charge is 0.491 e. The van der Waals surface area contributed by atoms with Gasteiger partial charge in [-0.25, -0.2) is 0 Å². The number of rotatable bonds is 8. The molecule has 2 amide bonds. The van der Waals surface area contributed by atoms with Crippen molar-refractivity contribution in [1.82, 2.24) is 0 Å². The predicted molar refractivity (Wildman–Crippen MR) is 109 cm³/mol. The van der Waals surface area contributed by atoms with E-state index in [0.29, 0.717) is 35.0 Å². The van der Waals surface area contributed by atoms with Crippen molar-refractivity contribution in [3.8, 4) is 5.75 Å². The number of anilines is 2. The van der Waals surface area contributed by atoms with Gasteiger partial charge in [-0.2, -0.15) is 0 Å². The molecule has 27 heavy (non-hydrogen) atoms. The van der Waals surface area contributed by atoms with Crippen LogP contribution in [-0.2, 0) is 4.79 Å². The van der Waals surface area contributed by atoms with Gasteiger partial charge < -0.3 is 15.4 Å². The number of nitrogens with one attached hydrogen (secondary N) is 2. The lowest BCUT2D eigenvalue weighted by molar-refractivity contribution is -0.116. The molecule has 5 nitrogen and oxygen atoms in total. The van der Waals surface area contributed by atoms with Crippen LogP contribution in [0.3, 0.4) is 0 Å². The van der Waals surface area contributed by atoms with E-state index in [1.165, 1.54) is 0 Å². The van der Waals surface area contributed by atoms with Gasteiger partial charge in [-0.1, -0.05) is 26.8 Å². The van der Waals surface area contributed by atoms with Crippen LogP contribution in [0.4, 0.5) is 11.4 Å². The molecule has 0 heterocycles. The van der Waals surface area contributed by atoms with E-state index in [2.05, 4.69) is 17.6 Å². The van der Waals surface area contributed by atoms with Crippen LogP contribution in [0, 0.1) is 5.92 Å². The first-order valence-corrected chi connectivity index (χ1v) is 9.35. The summed E-state index contributed by atoms with van der Waals surface area (Å²) in [6.07, 6.45) is 1.48. The summed E-state index contributed by atoms with van der Waals surface area (Å²) in [4.78, 5) is 24.3. The molecule has 0 aromatic heterocycles. The standard InChI is InChI=1S/C22H28N2O3/c1-5-16(4)27-20-8-6-7-17(14-20)22(26)24-19-11-9-18(10-12-19)23-21(25)13-15(2)3/h6-12,14-16H,5,13H2,1-4H3,(H,23,25)(H,24,26). The maximum absolute atomic E-state index is 12.5. The fraction of sp³-hybridized carbons (Fsp3) is 0.364. The number of hydrogen-bond donors (Lipinski definition) is 2. The van der Waals surface area contributed by atoms with Crippen LogP contribution in [0.2, 0.25) is 0 Å². The third-order valence-electron chi connectivity index (χ3n) is 4.03. The smallest absolute Gasteiger partial charge is 0.255 e. The van der Waals surface area contributed by atoms with Gasteiger partial charge in [0.15, 0.2) is 0 Å².